The van der Waals surface area contributed by atoms with Crippen molar-refractivity contribution >= 4 is 33.5 Å². The minimum atomic E-state index is 0.0349. The highest BCUT2D eigenvalue weighted by Crippen LogP contribution is 2.31. The third kappa shape index (κ3) is 3.55. The van der Waals surface area contributed by atoms with E-state index in [4.69, 9.17) is 15.6 Å². The minimum Gasteiger partial charge on any atom is -0.456 e. The summed E-state index contributed by atoms with van der Waals surface area (Å²) in [5.74, 6) is 1.80. The van der Waals surface area contributed by atoms with Crippen LogP contribution in [-0.2, 0) is 0 Å². The Kier molecular flexibility index (Phi) is 4.50. The second-order valence-electron chi connectivity index (χ2n) is 8.35. The average molecular weight is 434 g/mol. The minimum absolute atomic E-state index is 0.0349. The van der Waals surface area contributed by atoms with Crippen molar-refractivity contribution in [3.05, 3.63) is 83.9 Å². The van der Waals surface area contributed by atoms with Gasteiger partial charge in [-0.15, -0.1) is 0 Å². The first-order chi connectivity index (χ1) is 16.1. The van der Waals surface area contributed by atoms with Crippen LogP contribution in [0.15, 0.2) is 82.2 Å². The van der Waals surface area contributed by atoms with Crippen molar-refractivity contribution in [3.63, 3.8) is 0 Å². The van der Waals surface area contributed by atoms with E-state index in [9.17, 15) is 0 Å². The molecule has 0 saturated heterocycles. The second kappa shape index (κ2) is 7.67. The molecule has 1 aliphatic heterocycles. The maximum absolute atomic E-state index is 7.62. The van der Waals surface area contributed by atoms with Crippen LogP contribution < -0.4 is 11.1 Å². The van der Waals surface area contributed by atoms with Crippen LogP contribution in [0.25, 0.3) is 44.5 Å². The van der Waals surface area contributed by atoms with Crippen LogP contribution in [0.3, 0.4) is 0 Å². The number of nitrogen functional groups attached to an aromatic ring is 1. The number of aliphatic imine (C=N–C) groups is 1. The molecule has 33 heavy (non-hydrogen) atoms. The zero-order valence-electron chi connectivity index (χ0n) is 18.0. The maximum atomic E-state index is 7.62. The van der Waals surface area contributed by atoms with Crippen molar-refractivity contribution in [2.24, 2.45) is 10.7 Å². The number of furan rings is 1. The number of aromatic amines is 1. The average Bonchev–Trinajstić information content (AvgIpc) is 3.48. The number of hydrogen-bond donors (Lipinski definition) is 4. The lowest BCUT2D eigenvalue weighted by Gasteiger charge is -2.14. The van der Waals surface area contributed by atoms with Gasteiger partial charge in [0, 0.05) is 51.8 Å². The standard InChI is InChI=1S/C27H23N5O/c28-26(29)20-8-7-19-14-24(33-25(19)15-20)17-4-2-16(3-5-17)22-12-18-6-9-21(13-23(18)32-22)27-30-10-1-11-31-27/h2-9,12-15,32H,1,10-11H2,(H3,28,29)(H,30,31). The van der Waals surface area contributed by atoms with Crippen molar-refractivity contribution in [3.8, 4) is 22.6 Å². The van der Waals surface area contributed by atoms with E-state index in [0.29, 0.717) is 5.56 Å². The van der Waals surface area contributed by atoms with Crippen molar-refractivity contribution in [1.82, 2.24) is 10.3 Å². The molecule has 6 heteroatoms. The van der Waals surface area contributed by atoms with Gasteiger partial charge in [-0.2, -0.15) is 0 Å². The van der Waals surface area contributed by atoms with Gasteiger partial charge in [0.15, 0.2) is 0 Å². The van der Waals surface area contributed by atoms with E-state index in [-0.39, 0.29) is 5.84 Å². The largest absolute Gasteiger partial charge is 0.456 e. The zero-order valence-corrected chi connectivity index (χ0v) is 18.0. The number of hydrogen-bond acceptors (Lipinski definition) is 4. The molecule has 0 bridgehead atoms. The summed E-state index contributed by atoms with van der Waals surface area (Å²) in [5, 5.41) is 13.2. The summed E-state index contributed by atoms with van der Waals surface area (Å²) >= 11 is 0. The monoisotopic (exact) mass is 433 g/mol. The number of nitrogens with zero attached hydrogens (tertiary/aromatic N) is 1. The van der Waals surface area contributed by atoms with Gasteiger partial charge in [-0.1, -0.05) is 48.5 Å². The normalized spacial score (nSPS) is 13.8. The van der Waals surface area contributed by atoms with Gasteiger partial charge in [0.2, 0.25) is 0 Å². The van der Waals surface area contributed by atoms with Gasteiger partial charge in [0.25, 0.3) is 0 Å². The number of aromatic nitrogens is 1. The van der Waals surface area contributed by atoms with Gasteiger partial charge in [0.05, 0.1) is 0 Å². The molecule has 5 aromatic rings. The Morgan fingerprint density at radius 2 is 1.67 bits per heavy atom. The molecule has 0 spiro atoms. The Labute approximate surface area is 190 Å². The molecule has 0 fully saturated rings. The lowest BCUT2D eigenvalue weighted by molar-refractivity contribution is 0.631. The van der Waals surface area contributed by atoms with E-state index >= 15 is 0 Å². The van der Waals surface area contributed by atoms with Crippen LogP contribution in [0.4, 0.5) is 0 Å². The molecule has 3 aromatic carbocycles. The van der Waals surface area contributed by atoms with Gasteiger partial charge in [-0.05, 0) is 36.2 Å². The van der Waals surface area contributed by atoms with E-state index in [1.165, 1.54) is 5.39 Å². The molecule has 6 rings (SSSR count). The van der Waals surface area contributed by atoms with Crippen molar-refractivity contribution < 1.29 is 4.42 Å². The maximum Gasteiger partial charge on any atom is 0.135 e. The molecule has 0 radical (unpaired) electrons. The number of H-pyrrole nitrogens is 1. The molecule has 0 atom stereocenters. The third-order valence-corrected chi connectivity index (χ3v) is 6.10. The van der Waals surface area contributed by atoms with E-state index in [2.05, 4.69) is 63.8 Å². The van der Waals surface area contributed by atoms with Gasteiger partial charge >= 0.3 is 0 Å². The van der Waals surface area contributed by atoms with Crippen LogP contribution in [-0.4, -0.2) is 29.7 Å². The molecule has 0 amide bonds. The fourth-order valence-corrected chi connectivity index (χ4v) is 4.31. The van der Waals surface area contributed by atoms with E-state index in [0.717, 1.165) is 70.0 Å². The lowest BCUT2D eigenvalue weighted by atomic mass is 10.1. The van der Waals surface area contributed by atoms with Gasteiger partial charge < -0.3 is 20.5 Å². The van der Waals surface area contributed by atoms with Crippen LogP contribution in [0.2, 0.25) is 0 Å². The first-order valence-corrected chi connectivity index (χ1v) is 11.0. The predicted molar refractivity (Wildman–Crippen MR) is 134 cm³/mol. The summed E-state index contributed by atoms with van der Waals surface area (Å²) < 4.78 is 6.03. The summed E-state index contributed by atoms with van der Waals surface area (Å²) in [6.07, 6.45) is 1.09. The molecule has 0 aliphatic carbocycles. The Morgan fingerprint density at radius 1 is 0.879 bits per heavy atom. The Morgan fingerprint density at radius 3 is 2.45 bits per heavy atom. The Balaban J connectivity index is 1.30. The van der Waals surface area contributed by atoms with Crippen LogP contribution in [0.5, 0.6) is 0 Å². The third-order valence-electron chi connectivity index (χ3n) is 6.10. The summed E-state index contributed by atoms with van der Waals surface area (Å²) in [6, 6.07) is 24.5. The first kappa shape index (κ1) is 19.4. The predicted octanol–water partition coefficient (Wildman–Crippen LogP) is 5.27. The second-order valence-corrected chi connectivity index (χ2v) is 8.35. The molecule has 1 aliphatic rings. The molecule has 3 heterocycles. The summed E-state index contributed by atoms with van der Waals surface area (Å²) in [4.78, 5) is 8.16. The zero-order chi connectivity index (χ0) is 22.4. The Bertz CT molecular complexity index is 1540. The highest BCUT2D eigenvalue weighted by atomic mass is 16.3. The number of fused-ring (bicyclic) bond motifs is 2. The molecule has 5 N–H and O–H groups in total. The number of nitrogens with one attached hydrogen (secondary N) is 3. The topological polar surface area (TPSA) is 103 Å². The highest BCUT2D eigenvalue weighted by molar-refractivity contribution is 6.02. The molecule has 2 aromatic heterocycles. The highest BCUT2D eigenvalue weighted by Gasteiger charge is 2.11. The van der Waals surface area contributed by atoms with Gasteiger partial charge in [-0.25, -0.2) is 0 Å². The smallest absolute Gasteiger partial charge is 0.135 e. The van der Waals surface area contributed by atoms with E-state index in [1.807, 2.05) is 24.3 Å². The summed E-state index contributed by atoms with van der Waals surface area (Å²) in [7, 11) is 0. The quantitative estimate of drug-likeness (QED) is 0.229. The van der Waals surface area contributed by atoms with Crippen molar-refractivity contribution in [2.45, 2.75) is 6.42 Å². The molecular weight excluding hydrogens is 410 g/mol. The van der Waals surface area contributed by atoms with E-state index in [1.54, 1.807) is 0 Å². The first-order valence-electron chi connectivity index (χ1n) is 11.0. The van der Waals surface area contributed by atoms with E-state index < -0.39 is 0 Å². The fourth-order valence-electron chi connectivity index (χ4n) is 4.31. The SMILES string of the molecule is N=C(N)c1ccc2cc(-c3ccc(-c4cc5ccc(C6=NCCCN6)cc5[nH]4)cc3)oc2c1. The van der Waals surface area contributed by atoms with Crippen molar-refractivity contribution in [2.75, 3.05) is 13.1 Å². The molecule has 0 unspecified atom stereocenters. The fraction of sp³-hybridized carbons (Fsp3) is 0.111. The van der Waals surface area contributed by atoms with Crippen LogP contribution in [0, 0.1) is 5.41 Å². The molecule has 0 saturated carbocycles. The molecule has 162 valence electrons. The summed E-state index contributed by atoms with van der Waals surface area (Å²) in [5.41, 5.74) is 12.4. The van der Waals surface area contributed by atoms with Crippen molar-refractivity contribution in [1.29, 1.82) is 5.41 Å². The summed E-state index contributed by atoms with van der Waals surface area (Å²) in [6.45, 7) is 1.86. The lowest BCUT2D eigenvalue weighted by Crippen LogP contribution is -2.30. The van der Waals surface area contributed by atoms with Crippen LogP contribution >= 0.6 is 0 Å². The molecule has 6 nitrogen and oxygen atoms in total. The number of amidine groups is 2. The number of rotatable bonds is 4. The molecular formula is C27H23N5O. The Hall–Kier alpha value is -4.32. The number of benzene rings is 3. The van der Waals surface area contributed by atoms with Gasteiger partial charge in [-0.3, -0.25) is 10.4 Å². The van der Waals surface area contributed by atoms with Gasteiger partial charge in [0.1, 0.15) is 23.0 Å². The van der Waals surface area contributed by atoms with Crippen LogP contribution in [0.1, 0.15) is 17.5 Å². The number of nitrogens with two attached hydrogens (primary N) is 1.